The molecule has 2 N–H and O–H groups in total. The van der Waals surface area contributed by atoms with E-state index in [1.165, 1.54) is 17.4 Å². The third kappa shape index (κ3) is 6.21. The third-order valence-electron chi connectivity index (χ3n) is 6.98. The zero-order valence-corrected chi connectivity index (χ0v) is 20.9. The number of amides is 1. The highest BCUT2D eigenvalue weighted by Gasteiger charge is 2.27. The highest BCUT2D eigenvalue weighted by molar-refractivity contribution is 5.81. The van der Waals surface area contributed by atoms with E-state index in [0.29, 0.717) is 66.8 Å². The van der Waals surface area contributed by atoms with Gasteiger partial charge in [0.25, 0.3) is 5.56 Å². The van der Waals surface area contributed by atoms with Gasteiger partial charge in [0.1, 0.15) is 0 Å². The van der Waals surface area contributed by atoms with Crippen LogP contribution in [-0.2, 0) is 11.3 Å². The van der Waals surface area contributed by atoms with Crippen molar-refractivity contribution in [3.63, 3.8) is 0 Å². The van der Waals surface area contributed by atoms with Crippen LogP contribution < -0.4 is 26.0 Å². The number of carbonyl (C=O) groups excluding carboxylic acids is 1. The summed E-state index contributed by atoms with van der Waals surface area (Å²) in [7, 11) is 0. The summed E-state index contributed by atoms with van der Waals surface area (Å²) in [6, 6.07) is 3.55. The van der Waals surface area contributed by atoms with Crippen molar-refractivity contribution in [3.8, 4) is 11.5 Å². The summed E-state index contributed by atoms with van der Waals surface area (Å²) in [4.78, 5) is 40.7. The predicted molar refractivity (Wildman–Crippen MR) is 134 cm³/mol. The Bertz CT molecular complexity index is 1090. The zero-order valence-electron chi connectivity index (χ0n) is 20.9. The molecule has 0 saturated heterocycles. The summed E-state index contributed by atoms with van der Waals surface area (Å²) in [6.45, 7) is 9.40. The van der Waals surface area contributed by atoms with Gasteiger partial charge in [0.15, 0.2) is 11.5 Å². The predicted octanol–water partition coefficient (Wildman–Crippen LogP) is 3.99. The van der Waals surface area contributed by atoms with Gasteiger partial charge in [-0.2, -0.15) is 0 Å². The number of hydrogen-bond donors (Lipinski definition) is 2. The van der Waals surface area contributed by atoms with Gasteiger partial charge in [-0.15, -0.1) is 0 Å². The van der Waals surface area contributed by atoms with Gasteiger partial charge in [-0.1, -0.05) is 33.1 Å². The number of unbranched alkanes of at least 4 members (excludes halogenated alkanes) is 2. The van der Waals surface area contributed by atoms with Crippen LogP contribution in [0.15, 0.2) is 21.7 Å². The fraction of sp³-hybridized carbons (Fsp3) is 0.654. The highest BCUT2D eigenvalue weighted by atomic mass is 16.5. The summed E-state index contributed by atoms with van der Waals surface area (Å²) < 4.78 is 12.4. The number of fused-ring (bicyclic) bond motifs is 1. The van der Waals surface area contributed by atoms with Gasteiger partial charge in [-0.3, -0.25) is 14.2 Å². The van der Waals surface area contributed by atoms with Crippen molar-refractivity contribution >= 4 is 16.8 Å². The van der Waals surface area contributed by atoms with Crippen LogP contribution in [0.3, 0.4) is 0 Å². The number of hydrogen-bond acceptors (Lipinski definition) is 5. The number of rotatable bonds is 11. The molecule has 1 aliphatic carbocycles. The zero-order chi connectivity index (χ0) is 24.7. The minimum atomic E-state index is -0.442. The van der Waals surface area contributed by atoms with E-state index in [2.05, 4.69) is 24.1 Å². The lowest BCUT2D eigenvalue weighted by atomic mass is 9.78. The van der Waals surface area contributed by atoms with Crippen molar-refractivity contribution in [2.45, 2.75) is 85.2 Å². The maximum absolute atomic E-state index is 13.0. The molecule has 1 saturated carbocycles. The quantitative estimate of drug-likeness (QED) is 0.481. The van der Waals surface area contributed by atoms with Crippen LogP contribution in [0, 0.1) is 11.8 Å². The molecule has 2 aromatic rings. The largest absolute Gasteiger partial charge is 0.490 e. The van der Waals surface area contributed by atoms with E-state index in [-0.39, 0.29) is 17.5 Å². The Morgan fingerprint density at radius 1 is 1.06 bits per heavy atom. The van der Waals surface area contributed by atoms with Gasteiger partial charge in [0.2, 0.25) is 5.91 Å². The number of carbonyl (C=O) groups is 1. The van der Waals surface area contributed by atoms with E-state index in [4.69, 9.17) is 9.47 Å². The van der Waals surface area contributed by atoms with E-state index in [9.17, 15) is 14.4 Å². The first kappa shape index (κ1) is 25.8. The Morgan fingerprint density at radius 2 is 1.76 bits per heavy atom. The molecule has 1 aliphatic rings. The number of nitrogens with one attached hydrogen (secondary N) is 2. The first-order valence-electron chi connectivity index (χ1n) is 12.7. The first-order chi connectivity index (χ1) is 16.3. The molecule has 1 aromatic heterocycles. The number of ether oxygens (including phenoxy) is 2. The molecule has 1 aromatic carbocycles. The van der Waals surface area contributed by atoms with Crippen molar-refractivity contribution < 1.29 is 14.3 Å². The summed E-state index contributed by atoms with van der Waals surface area (Å²) in [5.41, 5.74) is -0.357. The van der Waals surface area contributed by atoms with Crippen LogP contribution in [0.2, 0.25) is 0 Å². The minimum absolute atomic E-state index is 0.0974. The lowest BCUT2D eigenvalue weighted by Crippen LogP contribution is -2.43. The van der Waals surface area contributed by atoms with Crippen LogP contribution in [0.25, 0.3) is 10.9 Å². The second-order valence-corrected chi connectivity index (χ2v) is 9.35. The molecule has 1 heterocycles. The SMILES string of the molecule is CCOc1cc2[nH]c(=O)n(CCCCCC(=O)N[C@@H]3CCC[C@H](C)[C@H]3C)c(=O)c2cc1OCC. The average molecular weight is 474 g/mol. The van der Waals surface area contributed by atoms with Gasteiger partial charge in [0, 0.05) is 25.1 Å². The van der Waals surface area contributed by atoms with Crippen LogP contribution in [0.1, 0.15) is 72.6 Å². The van der Waals surface area contributed by atoms with Crippen molar-refractivity contribution in [2.75, 3.05) is 13.2 Å². The van der Waals surface area contributed by atoms with Crippen molar-refractivity contribution in [2.24, 2.45) is 11.8 Å². The van der Waals surface area contributed by atoms with Crippen molar-refractivity contribution in [3.05, 3.63) is 33.0 Å². The average Bonchev–Trinajstić information content (AvgIpc) is 2.80. The molecular weight excluding hydrogens is 434 g/mol. The molecule has 0 spiro atoms. The minimum Gasteiger partial charge on any atom is -0.490 e. The molecule has 0 radical (unpaired) electrons. The lowest BCUT2D eigenvalue weighted by Gasteiger charge is -2.34. The Labute approximate surface area is 201 Å². The third-order valence-corrected chi connectivity index (χ3v) is 6.98. The van der Waals surface area contributed by atoms with E-state index >= 15 is 0 Å². The van der Waals surface area contributed by atoms with Crippen LogP contribution in [-0.4, -0.2) is 34.7 Å². The summed E-state index contributed by atoms with van der Waals surface area (Å²) in [5.74, 6) is 2.24. The van der Waals surface area contributed by atoms with Gasteiger partial charge in [-0.05, 0) is 51.0 Å². The second kappa shape index (κ2) is 12.1. The molecule has 3 atom stereocenters. The highest BCUT2D eigenvalue weighted by Crippen LogP contribution is 2.31. The molecule has 0 bridgehead atoms. The molecule has 8 heteroatoms. The number of aromatic nitrogens is 2. The van der Waals surface area contributed by atoms with Gasteiger partial charge in [-0.25, -0.2) is 4.79 Å². The van der Waals surface area contributed by atoms with Crippen LogP contribution in [0.4, 0.5) is 0 Å². The van der Waals surface area contributed by atoms with E-state index in [0.717, 1.165) is 19.3 Å². The number of H-pyrrole nitrogens is 1. The Hall–Kier alpha value is -2.77. The van der Waals surface area contributed by atoms with Gasteiger partial charge < -0.3 is 19.8 Å². The van der Waals surface area contributed by atoms with Crippen molar-refractivity contribution in [1.82, 2.24) is 14.9 Å². The maximum atomic E-state index is 13.0. The molecular formula is C26H39N3O5. The monoisotopic (exact) mass is 473 g/mol. The van der Waals surface area contributed by atoms with E-state index in [1.807, 2.05) is 13.8 Å². The van der Waals surface area contributed by atoms with Crippen LogP contribution in [0.5, 0.6) is 11.5 Å². The first-order valence-corrected chi connectivity index (χ1v) is 12.7. The lowest BCUT2D eigenvalue weighted by molar-refractivity contribution is -0.122. The molecule has 3 rings (SSSR count). The Kier molecular flexibility index (Phi) is 9.19. The molecule has 1 amide bonds. The molecule has 1 fully saturated rings. The molecule has 188 valence electrons. The number of nitrogens with zero attached hydrogens (tertiary/aromatic N) is 1. The van der Waals surface area contributed by atoms with Crippen LogP contribution >= 0.6 is 0 Å². The molecule has 34 heavy (non-hydrogen) atoms. The summed E-state index contributed by atoms with van der Waals surface area (Å²) in [6.07, 6.45) is 6.08. The Balaban J connectivity index is 1.57. The summed E-state index contributed by atoms with van der Waals surface area (Å²) >= 11 is 0. The second-order valence-electron chi connectivity index (χ2n) is 9.35. The summed E-state index contributed by atoms with van der Waals surface area (Å²) in [5, 5.41) is 3.59. The number of aromatic amines is 1. The fourth-order valence-electron chi connectivity index (χ4n) is 4.80. The topological polar surface area (TPSA) is 102 Å². The molecule has 0 unspecified atom stereocenters. The smallest absolute Gasteiger partial charge is 0.328 e. The standard InChI is InChI=1S/C26H39N3O5/c1-5-33-22-15-19-21(16-23(22)34-6-2)28-26(32)29(25(19)31)14-9-7-8-13-24(30)27-20-12-10-11-17(3)18(20)4/h15-18,20H,5-14H2,1-4H3,(H,27,30)(H,28,32)/t17-,18+,20+/m0/s1. The fourth-order valence-corrected chi connectivity index (χ4v) is 4.80. The van der Waals surface area contributed by atoms with Gasteiger partial charge >= 0.3 is 5.69 Å². The van der Waals surface area contributed by atoms with E-state index in [1.54, 1.807) is 12.1 Å². The van der Waals surface area contributed by atoms with Crippen molar-refractivity contribution in [1.29, 1.82) is 0 Å². The number of benzene rings is 1. The maximum Gasteiger partial charge on any atom is 0.328 e. The molecule has 0 aliphatic heterocycles. The molecule has 8 nitrogen and oxygen atoms in total. The Morgan fingerprint density at radius 3 is 2.47 bits per heavy atom. The van der Waals surface area contributed by atoms with Gasteiger partial charge in [0.05, 0.1) is 24.1 Å². The van der Waals surface area contributed by atoms with E-state index < -0.39 is 5.69 Å². The normalized spacial score (nSPS) is 20.3.